The van der Waals surface area contributed by atoms with Crippen molar-refractivity contribution in [3.63, 3.8) is 0 Å². The number of rotatable bonds is 5. The predicted molar refractivity (Wildman–Crippen MR) is 92.6 cm³/mol. The second-order valence-corrected chi connectivity index (χ2v) is 6.61. The lowest BCUT2D eigenvalue weighted by atomic mass is 10.0. The van der Waals surface area contributed by atoms with E-state index in [1.807, 2.05) is 6.92 Å². The molecule has 3 rings (SSSR count). The average Bonchev–Trinajstić information content (AvgIpc) is 3.08. The molecule has 116 valence electrons. The molecule has 0 bridgehead atoms. The highest BCUT2D eigenvalue weighted by molar-refractivity contribution is 8.16. The molecule has 0 saturated heterocycles. The average molecular weight is 315 g/mol. The first-order valence-corrected chi connectivity index (χ1v) is 8.56. The van der Waals surface area contributed by atoms with Crippen LogP contribution in [-0.2, 0) is 11.2 Å². The first-order chi connectivity index (χ1) is 10.6. The van der Waals surface area contributed by atoms with Crippen LogP contribution in [0.1, 0.15) is 31.4 Å². The zero-order chi connectivity index (χ0) is 15.5. The van der Waals surface area contributed by atoms with E-state index >= 15 is 0 Å². The zero-order valence-electron chi connectivity index (χ0n) is 13.0. The van der Waals surface area contributed by atoms with E-state index in [-0.39, 0.29) is 11.9 Å². The molecule has 0 radical (unpaired) electrons. The summed E-state index contributed by atoms with van der Waals surface area (Å²) in [6.07, 6.45) is 1.94. The first-order valence-electron chi connectivity index (χ1n) is 7.69. The number of nitrogens with one attached hydrogen (secondary N) is 1. The van der Waals surface area contributed by atoms with Gasteiger partial charge >= 0.3 is 0 Å². The fourth-order valence-electron chi connectivity index (χ4n) is 2.79. The van der Waals surface area contributed by atoms with Gasteiger partial charge in [0.05, 0.1) is 12.2 Å². The predicted octanol–water partition coefficient (Wildman–Crippen LogP) is 2.86. The third kappa shape index (κ3) is 3.35. The Morgan fingerprint density at radius 1 is 1.41 bits per heavy atom. The number of aliphatic imine (C=N–C) groups is 1. The summed E-state index contributed by atoms with van der Waals surface area (Å²) in [5.41, 5.74) is 3.82. The highest BCUT2D eigenvalue weighted by atomic mass is 32.2. The number of amidine groups is 1. The Hall–Kier alpha value is -1.75. The van der Waals surface area contributed by atoms with Gasteiger partial charge in [0.2, 0.25) is 5.91 Å². The van der Waals surface area contributed by atoms with Crippen LogP contribution in [0.5, 0.6) is 0 Å². The Balaban J connectivity index is 1.59. The zero-order valence-corrected chi connectivity index (χ0v) is 13.8. The van der Waals surface area contributed by atoms with Crippen LogP contribution in [0.25, 0.3) is 5.70 Å². The fraction of sp³-hybridized carbons (Fsp3) is 0.412. The van der Waals surface area contributed by atoms with E-state index in [9.17, 15) is 4.79 Å². The normalized spacial score (nSPS) is 17.8. The van der Waals surface area contributed by atoms with Crippen LogP contribution in [0, 0.1) is 0 Å². The minimum atomic E-state index is 0.0385. The Morgan fingerprint density at radius 2 is 2.18 bits per heavy atom. The molecule has 2 aliphatic rings. The van der Waals surface area contributed by atoms with Gasteiger partial charge in [0.25, 0.3) is 0 Å². The summed E-state index contributed by atoms with van der Waals surface area (Å²) in [6, 6.07) is 8.96. The van der Waals surface area contributed by atoms with Gasteiger partial charge in [-0.25, -0.2) is 0 Å². The van der Waals surface area contributed by atoms with Crippen molar-refractivity contribution < 1.29 is 4.79 Å². The molecular formula is C17H21N3OS. The minimum absolute atomic E-state index is 0.0385. The first kappa shape index (κ1) is 15.2. The quantitative estimate of drug-likeness (QED) is 0.909. The number of aryl methyl sites for hydroxylation is 1. The van der Waals surface area contributed by atoms with Crippen LogP contribution in [0.2, 0.25) is 0 Å². The molecule has 1 amide bonds. The Bertz CT molecular complexity index is 621. The highest BCUT2D eigenvalue weighted by Crippen LogP contribution is 2.35. The van der Waals surface area contributed by atoms with Crippen molar-refractivity contribution in [1.82, 2.24) is 10.2 Å². The summed E-state index contributed by atoms with van der Waals surface area (Å²) in [5.74, 6) is 0.0385. The van der Waals surface area contributed by atoms with Gasteiger partial charge in [-0.1, -0.05) is 36.0 Å². The molecule has 1 aromatic rings. The van der Waals surface area contributed by atoms with Gasteiger partial charge in [0.15, 0.2) is 5.17 Å². The third-order valence-electron chi connectivity index (χ3n) is 3.93. The van der Waals surface area contributed by atoms with E-state index in [0.717, 1.165) is 31.1 Å². The SMILES string of the molecule is CC(=O)NC(C)CCc1ccc(C2=CSC3=NCCN23)cc1. The van der Waals surface area contributed by atoms with Gasteiger partial charge < -0.3 is 10.2 Å². The van der Waals surface area contributed by atoms with Crippen molar-refractivity contribution >= 4 is 28.5 Å². The van der Waals surface area contributed by atoms with Gasteiger partial charge in [-0.2, -0.15) is 0 Å². The standard InChI is InChI=1S/C17H21N3OS/c1-12(19-13(2)21)3-4-14-5-7-15(8-6-14)16-11-22-17-18-9-10-20(16)17/h5-8,11-12H,3-4,9-10H2,1-2H3,(H,19,21). The fourth-order valence-corrected chi connectivity index (χ4v) is 3.75. The molecule has 0 fully saturated rings. The van der Waals surface area contributed by atoms with Crippen molar-refractivity contribution in [3.8, 4) is 0 Å². The maximum Gasteiger partial charge on any atom is 0.217 e. The number of carbonyl (C=O) groups is 1. The number of thioether (sulfide) groups is 1. The second-order valence-electron chi connectivity index (χ2n) is 5.77. The van der Waals surface area contributed by atoms with Crippen LogP contribution < -0.4 is 5.32 Å². The van der Waals surface area contributed by atoms with E-state index in [4.69, 9.17) is 0 Å². The number of carbonyl (C=O) groups excluding carboxylic acids is 1. The Labute approximate surface area is 135 Å². The van der Waals surface area contributed by atoms with Crippen LogP contribution in [0.3, 0.4) is 0 Å². The molecule has 1 aromatic carbocycles. The molecule has 5 heteroatoms. The van der Waals surface area contributed by atoms with E-state index in [0.29, 0.717) is 0 Å². The van der Waals surface area contributed by atoms with Crippen molar-refractivity contribution in [3.05, 3.63) is 40.8 Å². The van der Waals surface area contributed by atoms with Crippen molar-refractivity contribution in [2.75, 3.05) is 13.1 Å². The number of hydrogen-bond acceptors (Lipinski definition) is 4. The van der Waals surface area contributed by atoms with E-state index in [1.165, 1.54) is 16.8 Å². The molecule has 2 heterocycles. The molecular weight excluding hydrogens is 294 g/mol. The molecule has 0 spiro atoms. The third-order valence-corrected chi connectivity index (χ3v) is 4.84. The summed E-state index contributed by atoms with van der Waals surface area (Å²) in [7, 11) is 0. The Morgan fingerprint density at radius 3 is 2.91 bits per heavy atom. The van der Waals surface area contributed by atoms with Gasteiger partial charge in [-0.05, 0) is 30.9 Å². The molecule has 1 unspecified atom stereocenters. The summed E-state index contributed by atoms with van der Waals surface area (Å²) < 4.78 is 0. The van der Waals surface area contributed by atoms with Gasteiger partial charge in [0.1, 0.15) is 0 Å². The Kier molecular flexibility index (Phi) is 4.52. The maximum absolute atomic E-state index is 11.0. The van der Waals surface area contributed by atoms with Crippen molar-refractivity contribution in [2.45, 2.75) is 32.7 Å². The number of nitrogens with zero attached hydrogens (tertiary/aromatic N) is 2. The maximum atomic E-state index is 11.0. The topological polar surface area (TPSA) is 44.7 Å². The highest BCUT2D eigenvalue weighted by Gasteiger charge is 2.26. The minimum Gasteiger partial charge on any atom is -0.354 e. The molecule has 4 nitrogen and oxygen atoms in total. The molecule has 2 aliphatic heterocycles. The van der Waals surface area contributed by atoms with Crippen molar-refractivity contribution in [1.29, 1.82) is 0 Å². The summed E-state index contributed by atoms with van der Waals surface area (Å²) in [6.45, 7) is 5.50. The summed E-state index contributed by atoms with van der Waals surface area (Å²) in [4.78, 5) is 17.8. The molecule has 1 N–H and O–H groups in total. The van der Waals surface area contributed by atoms with Crippen LogP contribution in [0.4, 0.5) is 0 Å². The number of amides is 1. The van der Waals surface area contributed by atoms with Crippen LogP contribution >= 0.6 is 11.8 Å². The summed E-state index contributed by atoms with van der Waals surface area (Å²) >= 11 is 1.71. The van der Waals surface area contributed by atoms with Gasteiger partial charge in [-0.15, -0.1) is 0 Å². The molecule has 22 heavy (non-hydrogen) atoms. The van der Waals surface area contributed by atoms with Gasteiger partial charge in [0, 0.05) is 24.9 Å². The smallest absolute Gasteiger partial charge is 0.217 e. The molecule has 0 saturated carbocycles. The van der Waals surface area contributed by atoms with Crippen LogP contribution in [-0.4, -0.2) is 35.1 Å². The number of fused-ring (bicyclic) bond motifs is 1. The lowest BCUT2D eigenvalue weighted by Gasteiger charge is -2.17. The van der Waals surface area contributed by atoms with E-state index in [2.05, 4.69) is 44.9 Å². The van der Waals surface area contributed by atoms with Gasteiger partial charge in [-0.3, -0.25) is 9.79 Å². The van der Waals surface area contributed by atoms with E-state index < -0.39 is 0 Å². The lowest BCUT2D eigenvalue weighted by molar-refractivity contribution is -0.119. The summed E-state index contributed by atoms with van der Waals surface area (Å²) in [5, 5.41) is 6.24. The molecule has 0 aromatic heterocycles. The largest absolute Gasteiger partial charge is 0.354 e. The number of benzene rings is 1. The number of hydrogen-bond donors (Lipinski definition) is 1. The lowest BCUT2D eigenvalue weighted by Crippen LogP contribution is -2.30. The van der Waals surface area contributed by atoms with Crippen LogP contribution in [0.15, 0.2) is 34.7 Å². The van der Waals surface area contributed by atoms with E-state index in [1.54, 1.807) is 18.7 Å². The second kappa shape index (κ2) is 6.57. The van der Waals surface area contributed by atoms with Crippen molar-refractivity contribution in [2.24, 2.45) is 4.99 Å². The molecule has 0 aliphatic carbocycles. The molecule has 1 atom stereocenters. The monoisotopic (exact) mass is 315 g/mol.